The van der Waals surface area contributed by atoms with Gasteiger partial charge in [0.05, 0.1) is 0 Å². The van der Waals surface area contributed by atoms with Crippen LogP contribution >= 0.6 is 45.3 Å². The van der Waals surface area contributed by atoms with Crippen LogP contribution in [-0.4, -0.2) is 0 Å². The van der Waals surface area contributed by atoms with Crippen LogP contribution in [0.2, 0.25) is 0 Å². The van der Waals surface area contributed by atoms with E-state index in [4.69, 9.17) is 0 Å². The highest BCUT2D eigenvalue weighted by Crippen LogP contribution is 2.42. The van der Waals surface area contributed by atoms with Crippen molar-refractivity contribution in [2.75, 3.05) is 0 Å². The quantitative estimate of drug-likeness (QED) is 0.175. The van der Waals surface area contributed by atoms with Crippen LogP contribution in [0.4, 0.5) is 0 Å². The second-order valence-electron chi connectivity index (χ2n) is 12.0. The summed E-state index contributed by atoms with van der Waals surface area (Å²) < 4.78 is 0. The van der Waals surface area contributed by atoms with E-state index < -0.39 is 0 Å². The molecule has 0 saturated carbocycles. The van der Waals surface area contributed by atoms with Crippen molar-refractivity contribution in [1.29, 1.82) is 0 Å². The first-order chi connectivity index (χ1) is 22.3. The van der Waals surface area contributed by atoms with Crippen LogP contribution < -0.4 is 0 Å². The average Bonchev–Trinajstić information content (AvgIpc) is 3.88. The van der Waals surface area contributed by atoms with Crippen molar-refractivity contribution in [2.45, 2.75) is 41.5 Å². The molecule has 0 N–H and O–H groups in total. The minimum absolute atomic E-state index is 1.34. The van der Waals surface area contributed by atoms with Crippen molar-refractivity contribution in [3.05, 3.63) is 140 Å². The van der Waals surface area contributed by atoms with Crippen LogP contribution in [0.1, 0.15) is 33.4 Å². The smallest absolute Gasteiger partial charge is 0.0349 e. The third-order valence-corrected chi connectivity index (χ3v) is 12.7. The Balaban J connectivity index is 0.000000147. The molecule has 0 bridgehead atoms. The van der Waals surface area contributed by atoms with Crippen LogP contribution in [0.15, 0.2) is 106 Å². The maximum atomic E-state index is 2.37. The van der Waals surface area contributed by atoms with Gasteiger partial charge in [-0.25, -0.2) is 0 Å². The van der Waals surface area contributed by atoms with Crippen molar-refractivity contribution in [3.63, 3.8) is 0 Å². The Kier molecular flexibility index (Phi) is 8.56. The molecule has 0 nitrogen and oxygen atoms in total. The Morgan fingerprint density at radius 1 is 0.326 bits per heavy atom. The summed E-state index contributed by atoms with van der Waals surface area (Å²) in [6.45, 7) is 13.5. The van der Waals surface area contributed by atoms with E-state index in [2.05, 4.69) is 148 Å². The molecule has 0 aliphatic rings. The highest BCUT2D eigenvalue weighted by atomic mass is 32.1. The van der Waals surface area contributed by atoms with Crippen molar-refractivity contribution >= 4 is 66.9 Å². The number of thiophene rings is 4. The molecule has 0 fully saturated rings. The van der Waals surface area contributed by atoms with Crippen LogP contribution in [0.25, 0.3) is 63.3 Å². The lowest BCUT2D eigenvalue weighted by Gasteiger charge is -2.18. The molecule has 0 aliphatic heterocycles. The molecule has 0 unspecified atom stereocenters. The number of aryl methyl sites for hydroxylation is 6. The summed E-state index contributed by atoms with van der Waals surface area (Å²) >= 11 is 7.26. The van der Waals surface area contributed by atoms with E-state index in [9.17, 15) is 0 Å². The topological polar surface area (TPSA) is 0 Å². The van der Waals surface area contributed by atoms with Crippen molar-refractivity contribution < 1.29 is 0 Å². The number of hydrogen-bond donors (Lipinski definition) is 0. The van der Waals surface area contributed by atoms with E-state index in [1.165, 1.54) is 96.7 Å². The molecule has 0 spiro atoms. The third-order valence-electron chi connectivity index (χ3n) is 9.04. The molecular weight excluding hydrogens is 633 g/mol. The Morgan fingerprint density at radius 2 is 0.652 bits per heavy atom. The van der Waals surface area contributed by atoms with Gasteiger partial charge in [0.25, 0.3) is 0 Å². The van der Waals surface area contributed by atoms with Gasteiger partial charge in [0.1, 0.15) is 0 Å². The van der Waals surface area contributed by atoms with Gasteiger partial charge >= 0.3 is 0 Å². The molecule has 8 rings (SSSR count). The maximum Gasteiger partial charge on any atom is 0.0349 e. The van der Waals surface area contributed by atoms with E-state index in [1.54, 1.807) is 0 Å². The number of fused-ring (bicyclic) bond motifs is 2. The normalized spacial score (nSPS) is 11.3. The Labute approximate surface area is 288 Å². The molecule has 0 saturated heterocycles. The standard InChI is InChI=1S/C22H20S2.C20H16S2/c1-13-11-17(19-7-5-9-23-19)16(4)22-14(2)12-18(15(3)21(13)22)20-8-6-10-24-20;1-13-7-9-16(18-6-4-12-22-18)20-14(2)8-10-15(19(13)20)17-5-3-11-21-17/h5-12H,1-4H3;3-12H,1-2H3. The summed E-state index contributed by atoms with van der Waals surface area (Å²) in [7, 11) is 0. The van der Waals surface area contributed by atoms with E-state index in [0.29, 0.717) is 0 Å². The zero-order valence-corrected chi connectivity index (χ0v) is 30.3. The van der Waals surface area contributed by atoms with Gasteiger partial charge in [0, 0.05) is 19.5 Å². The van der Waals surface area contributed by atoms with Gasteiger partial charge in [0.15, 0.2) is 0 Å². The van der Waals surface area contributed by atoms with Gasteiger partial charge in [-0.3, -0.25) is 0 Å². The molecule has 4 aromatic heterocycles. The first-order valence-electron chi connectivity index (χ1n) is 15.6. The second kappa shape index (κ2) is 12.8. The maximum absolute atomic E-state index is 2.37. The zero-order valence-electron chi connectivity index (χ0n) is 27.0. The fourth-order valence-electron chi connectivity index (χ4n) is 6.91. The Bertz CT molecular complexity index is 2120. The second-order valence-corrected chi connectivity index (χ2v) is 15.8. The summed E-state index contributed by atoms with van der Waals surface area (Å²) in [5, 5.41) is 14.3. The largest absolute Gasteiger partial charge is 0.144 e. The molecule has 4 aromatic carbocycles. The van der Waals surface area contributed by atoms with E-state index in [1.807, 2.05) is 45.3 Å². The summed E-state index contributed by atoms with van der Waals surface area (Å²) in [5.41, 5.74) is 13.7. The lowest BCUT2D eigenvalue weighted by molar-refractivity contribution is 1.39. The van der Waals surface area contributed by atoms with E-state index >= 15 is 0 Å². The molecular formula is C42H36S4. The number of rotatable bonds is 4. The van der Waals surface area contributed by atoms with E-state index in [-0.39, 0.29) is 0 Å². The number of benzene rings is 4. The SMILES string of the molecule is Cc1cc(-c2cccs2)c(C)c2c(C)cc(-c3cccs3)c(C)c12.Cc1ccc(-c2cccs2)c2c(C)ccc(-c3cccs3)c12. The lowest BCUT2D eigenvalue weighted by atomic mass is 9.87. The minimum atomic E-state index is 1.34. The van der Waals surface area contributed by atoms with Crippen molar-refractivity contribution in [3.8, 4) is 41.8 Å². The van der Waals surface area contributed by atoms with Gasteiger partial charge in [0.2, 0.25) is 0 Å². The van der Waals surface area contributed by atoms with Crippen LogP contribution in [-0.2, 0) is 0 Å². The summed E-state index contributed by atoms with van der Waals surface area (Å²) in [6, 6.07) is 31.2. The summed E-state index contributed by atoms with van der Waals surface area (Å²) in [6.07, 6.45) is 0. The van der Waals surface area contributed by atoms with Gasteiger partial charge in [-0.15, -0.1) is 45.3 Å². The predicted octanol–water partition coefficient (Wildman–Crippen LogP) is 14.4. The zero-order chi connectivity index (χ0) is 31.9. The molecule has 4 heteroatoms. The minimum Gasteiger partial charge on any atom is -0.144 e. The van der Waals surface area contributed by atoms with Crippen molar-refractivity contribution in [1.82, 2.24) is 0 Å². The average molecular weight is 669 g/mol. The molecule has 0 radical (unpaired) electrons. The third kappa shape index (κ3) is 5.48. The monoisotopic (exact) mass is 668 g/mol. The molecule has 8 aromatic rings. The Hall–Kier alpha value is -3.80. The first kappa shape index (κ1) is 30.8. The fraction of sp³-hybridized carbons (Fsp3) is 0.143. The molecule has 228 valence electrons. The molecule has 46 heavy (non-hydrogen) atoms. The van der Waals surface area contributed by atoms with Gasteiger partial charge < -0.3 is 0 Å². The molecule has 0 aliphatic carbocycles. The summed E-state index contributed by atoms with van der Waals surface area (Å²) in [5.74, 6) is 0. The van der Waals surface area contributed by atoms with E-state index in [0.717, 1.165) is 0 Å². The highest BCUT2D eigenvalue weighted by molar-refractivity contribution is 7.14. The molecule has 0 atom stereocenters. The number of hydrogen-bond acceptors (Lipinski definition) is 4. The molecule has 0 amide bonds. The Morgan fingerprint density at radius 3 is 0.957 bits per heavy atom. The lowest BCUT2D eigenvalue weighted by Crippen LogP contribution is -1.95. The predicted molar refractivity (Wildman–Crippen MR) is 210 cm³/mol. The van der Waals surface area contributed by atoms with Crippen LogP contribution in [0, 0.1) is 41.5 Å². The van der Waals surface area contributed by atoms with Gasteiger partial charge in [-0.1, -0.05) is 48.5 Å². The van der Waals surface area contributed by atoms with Crippen molar-refractivity contribution in [2.24, 2.45) is 0 Å². The highest BCUT2D eigenvalue weighted by Gasteiger charge is 2.17. The summed E-state index contributed by atoms with van der Waals surface area (Å²) in [4.78, 5) is 5.40. The van der Waals surface area contributed by atoms with Crippen LogP contribution in [0.3, 0.4) is 0 Å². The molecule has 4 heterocycles. The van der Waals surface area contributed by atoms with Gasteiger partial charge in [-0.05, 0) is 177 Å². The van der Waals surface area contributed by atoms with Crippen LogP contribution in [0.5, 0.6) is 0 Å². The first-order valence-corrected chi connectivity index (χ1v) is 19.1. The fourth-order valence-corrected chi connectivity index (χ4v) is 10.0. The van der Waals surface area contributed by atoms with Gasteiger partial charge in [-0.2, -0.15) is 0 Å².